The number of anilines is 3. The molecule has 3 aromatic rings. The molecule has 1 aliphatic carbocycles. The van der Waals surface area contributed by atoms with Gasteiger partial charge in [-0.1, -0.05) is 12.8 Å². The van der Waals surface area contributed by atoms with Gasteiger partial charge in [0.2, 0.25) is 0 Å². The second kappa shape index (κ2) is 10.7. The molecule has 4 rings (SSSR count). The van der Waals surface area contributed by atoms with Crippen molar-refractivity contribution < 1.29 is 14.3 Å². The minimum Gasteiger partial charge on any atom is -0.494 e. The number of amides is 1. The standard InChI is InChI=1S/C28H36N6O3/c1-6-36-20-13-11-19(12-14-20)33(27(35)37-28(3,4)5)26-18(2)25(32-23-10-8-7-9-22(23)30)21(17-29)24-15-16-31-34(24)26/h11-16,22-23,32H,6-10,30H2,1-5H3/t22-,23-/m0/s1. The highest BCUT2D eigenvalue weighted by atomic mass is 16.6. The molecule has 2 aromatic heterocycles. The molecule has 0 radical (unpaired) electrons. The molecule has 9 heteroatoms. The van der Waals surface area contributed by atoms with Gasteiger partial charge in [-0.2, -0.15) is 10.4 Å². The van der Waals surface area contributed by atoms with Crippen LogP contribution < -0.4 is 20.7 Å². The molecule has 0 saturated heterocycles. The Morgan fingerprint density at radius 1 is 1.24 bits per heavy atom. The van der Waals surface area contributed by atoms with E-state index >= 15 is 0 Å². The number of rotatable bonds is 6. The maximum atomic E-state index is 13.7. The number of nitriles is 1. The van der Waals surface area contributed by atoms with Gasteiger partial charge in [-0.15, -0.1) is 0 Å². The maximum Gasteiger partial charge on any atom is 0.420 e. The van der Waals surface area contributed by atoms with Gasteiger partial charge >= 0.3 is 6.09 Å². The number of aromatic nitrogens is 2. The molecule has 0 aliphatic heterocycles. The number of hydrogen-bond acceptors (Lipinski definition) is 7. The average molecular weight is 505 g/mol. The van der Waals surface area contributed by atoms with E-state index in [4.69, 9.17) is 15.2 Å². The molecule has 9 nitrogen and oxygen atoms in total. The Labute approximate surface area is 218 Å². The molecule has 1 fully saturated rings. The summed E-state index contributed by atoms with van der Waals surface area (Å²) in [5, 5.41) is 18.2. The van der Waals surface area contributed by atoms with Crippen LogP contribution in [-0.2, 0) is 4.74 Å². The Morgan fingerprint density at radius 3 is 2.57 bits per heavy atom. The van der Waals surface area contributed by atoms with E-state index < -0.39 is 11.7 Å². The van der Waals surface area contributed by atoms with Gasteiger partial charge < -0.3 is 20.5 Å². The van der Waals surface area contributed by atoms with Crippen LogP contribution in [0.3, 0.4) is 0 Å². The second-order valence-electron chi connectivity index (χ2n) is 10.4. The Kier molecular flexibility index (Phi) is 7.60. The van der Waals surface area contributed by atoms with Crippen molar-refractivity contribution in [2.45, 2.75) is 78.0 Å². The van der Waals surface area contributed by atoms with Crippen molar-refractivity contribution in [1.29, 1.82) is 5.26 Å². The zero-order valence-electron chi connectivity index (χ0n) is 22.2. The molecule has 1 amide bonds. The zero-order chi connectivity index (χ0) is 26.7. The fourth-order valence-electron chi connectivity index (χ4n) is 4.81. The van der Waals surface area contributed by atoms with Gasteiger partial charge in [0.05, 0.1) is 29.7 Å². The summed E-state index contributed by atoms with van der Waals surface area (Å²) in [4.78, 5) is 15.2. The largest absolute Gasteiger partial charge is 0.494 e. The normalized spacial score (nSPS) is 17.8. The smallest absolute Gasteiger partial charge is 0.420 e. The molecule has 0 spiro atoms. The summed E-state index contributed by atoms with van der Waals surface area (Å²) in [6.45, 7) is 9.83. The molecular formula is C28H36N6O3. The zero-order valence-corrected chi connectivity index (χ0v) is 22.2. The lowest BCUT2D eigenvalue weighted by Crippen LogP contribution is -2.43. The van der Waals surface area contributed by atoms with Crippen LogP contribution in [0.5, 0.6) is 5.75 Å². The number of benzene rings is 1. The first-order chi connectivity index (χ1) is 17.6. The fourth-order valence-corrected chi connectivity index (χ4v) is 4.81. The van der Waals surface area contributed by atoms with E-state index in [9.17, 15) is 10.1 Å². The predicted octanol–water partition coefficient (Wildman–Crippen LogP) is 5.67. The highest BCUT2D eigenvalue weighted by molar-refractivity contribution is 5.98. The first-order valence-corrected chi connectivity index (χ1v) is 12.8. The van der Waals surface area contributed by atoms with Crippen LogP contribution in [0.15, 0.2) is 36.5 Å². The molecule has 0 bridgehead atoms. The summed E-state index contributed by atoms with van der Waals surface area (Å²) < 4.78 is 13.1. The fraction of sp³-hybridized carbons (Fsp3) is 0.464. The molecule has 3 N–H and O–H groups in total. The molecule has 1 aromatic carbocycles. The topological polar surface area (TPSA) is 118 Å². The minimum atomic E-state index is -0.722. The number of hydrogen-bond donors (Lipinski definition) is 2. The quantitative estimate of drug-likeness (QED) is 0.444. The molecule has 37 heavy (non-hydrogen) atoms. The Morgan fingerprint density at radius 2 is 1.95 bits per heavy atom. The van der Waals surface area contributed by atoms with Crippen molar-refractivity contribution in [3.05, 3.63) is 47.7 Å². The maximum absolute atomic E-state index is 13.7. The van der Waals surface area contributed by atoms with Crippen molar-refractivity contribution >= 4 is 28.8 Å². The lowest BCUT2D eigenvalue weighted by atomic mass is 9.90. The molecule has 1 saturated carbocycles. The molecular weight excluding hydrogens is 468 g/mol. The number of fused-ring (bicyclic) bond motifs is 1. The lowest BCUT2D eigenvalue weighted by molar-refractivity contribution is 0.0597. The first kappa shape index (κ1) is 26.3. The van der Waals surface area contributed by atoms with Crippen LogP contribution in [0.25, 0.3) is 5.52 Å². The van der Waals surface area contributed by atoms with E-state index in [1.807, 2.05) is 58.9 Å². The first-order valence-electron chi connectivity index (χ1n) is 12.8. The third-order valence-electron chi connectivity index (χ3n) is 6.51. The number of pyridine rings is 1. The summed E-state index contributed by atoms with van der Waals surface area (Å²) in [7, 11) is 0. The highest BCUT2D eigenvalue weighted by Crippen LogP contribution is 2.39. The monoisotopic (exact) mass is 504 g/mol. The van der Waals surface area contributed by atoms with Gasteiger partial charge in [-0.25, -0.2) is 14.2 Å². The number of nitrogens with two attached hydrogens (primary N) is 1. The molecule has 196 valence electrons. The molecule has 1 aliphatic rings. The van der Waals surface area contributed by atoms with Crippen LogP contribution in [0.1, 0.15) is 64.5 Å². The third-order valence-corrected chi connectivity index (χ3v) is 6.51. The lowest BCUT2D eigenvalue weighted by Gasteiger charge is -2.33. The number of carbonyl (C=O) groups excluding carboxylic acids is 1. The summed E-state index contributed by atoms with van der Waals surface area (Å²) in [5.41, 5.74) is 8.73. The van der Waals surface area contributed by atoms with Crippen molar-refractivity contribution in [3.8, 4) is 11.8 Å². The van der Waals surface area contributed by atoms with E-state index in [-0.39, 0.29) is 12.1 Å². The van der Waals surface area contributed by atoms with Gasteiger partial charge in [-0.3, -0.25) is 0 Å². The summed E-state index contributed by atoms with van der Waals surface area (Å²) >= 11 is 0. The van der Waals surface area contributed by atoms with Crippen LogP contribution in [0, 0.1) is 18.3 Å². The Hall–Kier alpha value is -3.77. The van der Waals surface area contributed by atoms with Crippen LogP contribution in [0.2, 0.25) is 0 Å². The van der Waals surface area contributed by atoms with E-state index in [2.05, 4.69) is 16.5 Å². The average Bonchev–Trinajstić information content (AvgIpc) is 3.32. The van der Waals surface area contributed by atoms with Gasteiger partial charge in [0.15, 0.2) is 0 Å². The van der Waals surface area contributed by atoms with E-state index in [0.29, 0.717) is 46.2 Å². The van der Waals surface area contributed by atoms with Crippen molar-refractivity contribution in [1.82, 2.24) is 9.61 Å². The molecule has 0 unspecified atom stereocenters. The highest BCUT2D eigenvalue weighted by Gasteiger charge is 2.32. The van der Waals surface area contributed by atoms with Crippen LogP contribution >= 0.6 is 0 Å². The SMILES string of the molecule is CCOc1ccc(N(C(=O)OC(C)(C)C)c2c(C)c(N[C@H]3CCCC[C@@H]3N)c(C#N)c3ccnn23)cc1. The third kappa shape index (κ3) is 5.49. The van der Waals surface area contributed by atoms with E-state index in [1.54, 1.807) is 16.8 Å². The predicted molar refractivity (Wildman–Crippen MR) is 144 cm³/mol. The van der Waals surface area contributed by atoms with Gasteiger partial charge in [0.25, 0.3) is 0 Å². The number of carbonyl (C=O) groups is 1. The van der Waals surface area contributed by atoms with Crippen LogP contribution in [-0.4, -0.2) is 40.0 Å². The Balaban J connectivity index is 1.92. The van der Waals surface area contributed by atoms with Gasteiger partial charge in [0.1, 0.15) is 28.8 Å². The number of ether oxygens (including phenoxy) is 2. The minimum absolute atomic E-state index is 0.0163. The second-order valence-corrected chi connectivity index (χ2v) is 10.4. The van der Waals surface area contributed by atoms with E-state index in [1.165, 1.54) is 4.90 Å². The molecule has 2 atom stereocenters. The summed E-state index contributed by atoms with van der Waals surface area (Å²) in [6, 6.07) is 11.4. The Bertz CT molecular complexity index is 1300. The van der Waals surface area contributed by atoms with Crippen LogP contribution in [0.4, 0.5) is 22.0 Å². The van der Waals surface area contributed by atoms with Crippen molar-refractivity contribution in [3.63, 3.8) is 0 Å². The van der Waals surface area contributed by atoms with Gasteiger partial charge in [0, 0.05) is 17.6 Å². The summed E-state index contributed by atoms with van der Waals surface area (Å²) in [6.07, 6.45) is 5.09. The summed E-state index contributed by atoms with van der Waals surface area (Å²) in [5.74, 6) is 1.19. The van der Waals surface area contributed by atoms with E-state index in [0.717, 1.165) is 25.7 Å². The van der Waals surface area contributed by atoms with Crippen molar-refractivity contribution in [2.24, 2.45) is 5.73 Å². The molecule has 2 heterocycles. The number of nitrogens with zero attached hydrogens (tertiary/aromatic N) is 4. The number of nitrogens with one attached hydrogen (secondary N) is 1. The van der Waals surface area contributed by atoms with Crippen molar-refractivity contribution in [2.75, 3.05) is 16.8 Å². The van der Waals surface area contributed by atoms with Gasteiger partial charge in [-0.05, 0) is 77.8 Å².